The zero-order valence-corrected chi connectivity index (χ0v) is 16.0. The third-order valence-electron chi connectivity index (χ3n) is 4.10. The van der Waals surface area contributed by atoms with Crippen LogP contribution in [0.4, 0.5) is 8.78 Å². The molecule has 0 N–H and O–H groups in total. The van der Waals surface area contributed by atoms with Gasteiger partial charge in [-0.3, -0.25) is 0 Å². The van der Waals surface area contributed by atoms with Gasteiger partial charge in [-0.15, -0.1) is 0 Å². The fourth-order valence-corrected chi connectivity index (χ4v) is 4.48. The molecule has 0 saturated carbocycles. The lowest BCUT2D eigenvalue weighted by Crippen LogP contribution is -2.39. The van der Waals surface area contributed by atoms with Crippen LogP contribution >= 0.6 is 11.6 Å². The summed E-state index contributed by atoms with van der Waals surface area (Å²) < 4.78 is 29.8. The lowest BCUT2D eigenvalue weighted by atomic mass is 9.99. The molecule has 0 radical (unpaired) electrons. The predicted molar refractivity (Wildman–Crippen MR) is 103 cm³/mol. The lowest BCUT2D eigenvalue weighted by Gasteiger charge is -2.21. The van der Waals surface area contributed by atoms with Crippen molar-refractivity contribution in [1.82, 2.24) is 4.98 Å². The van der Waals surface area contributed by atoms with E-state index in [1.54, 1.807) is 12.3 Å². The molecular formula is C20H18ClF2NSi. The second-order valence-electron chi connectivity index (χ2n) is 6.98. The first-order valence-electron chi connectivity index (χ1n) is 7.98. The van der Waals surface area contributed by atoms with E-state index >= 15 is 0 Å². The van der Waals surface area contributed by atoms with Gasteiger partial charge in [0.05, 0.1) is 13.6 Å². The van der Waals surface area contributed by atoms with Gasteiger partial charge in [-0.2, -0.15) is 0 Å². The molecule has 0 aliphatic rings. The van der Waals surface area contributed by atoms with Crippen molar-refractivity contribution < 1.29 is 8.78 Å². The highest BCUT2D eigenvalue weighted by Crippen LogP contribution is 2.32. The average Bonchev–Trinajstić information content (AvgIpc) is 2.54. The zero-order valence-electron chi connectivity index (χ0n) is 14.3. The molecule has 0 atom stereocenters. The molecule has 25 heavy (non-hydrogen) atoms. The number of hydrogen-bond donors (Lipinski definition) is 0. The topological polar surface area (TPSA) is 12.9 Å². The maximum atomic E-state index is 14.9. The second kappa shape index (κ2) is 6.69. The molecule has 0 fully saturated rings. The summed E-state index contributed by atoms with van der Waals surface area (Å²) in [6, 6.07) is 13.5. The summed E-state index contributed by atoms with van der Waals surface area (Å²) in [5.41, 5.74) is 1.73. The Kier molecular flexibility index (Phi) is 4.76. The quantitative estimate of drug-likeness (QED) is 0.412. The van der Waals surface area contributed by atoms with Gasteiger partial charge in [0.15, 0.2) is 0 Å². The predicted octanol–water partition coefficient (Wildman–Crippen LogP) is 5.89. The van der Waals surface area contributed by atoms with Crippen LogP contribution in [0.3, 0.4) is 0 Å². The third kappa shape index (κ3) is 3.65. The van der Waals surface area contributed by atoms with E-state index in [2.05, 4.69) is 24.6 Å². The van der Waals surface area contributed by atoms with Crippen LogP contribution in [-0.2, 0) is 0 Å². The number of hydrogen-bond acceptors (Lipinski definition) is 1. The monoisotopic (exact) mass is 373 g/mol. The van der Waals surface area contributed by atoms with Crippen molar-refractivity contribution in [2.45, 2.75) is 19.6 Å². The number of pyridine rings is 1. The molecule has 1 heterocycles. The largest absolute Gasteiger partial charge is 0.245 e. The van der Waals surface area contributed by atoms with Crippen molar-refractivity contribution in [2.24, 2.45) is 0 Å². The molecule has 0 saturated heterocycles. The van der Waals surface area contributed by atoms with Crippen molar-refractivity contribution in [3.8, 4) is 22.3 Å². The molecule has 5 heteroatoms. The number of halogens is 3. The average molecular weight is 374 g/mol. The molecular weight excluding hydrogens is 356 g/mol. The van der Waals surface area contributed by atoms with Crippen molar-refractivity contribution in [1.29, 1.82) is 0 Å². The van der Waals surface area contributed by atoms with E-state index in [1.807, 2.05) is 30.3 Å². The number of benzene rings is 2. The van der Waals surface area contributed by atoms with E-state index < -0.39 is 19.7 Å². The molecule has 0 aliphatic heterocycles. The van der Waals surface area contributed by atoms with Crippen molar-refractivity contribution in [2.75, 3.05) is 0 Å². The molecule has 0 unspecified atom stereocenters. The number of aromatic nitrogens is 1. The minimum absolute atomic E-state index is 0.0404. The highest BCUT2D eigenvalue weighted by Gasteiger charge is 2.25. The van der Waals surface area contributed by atoms with Gasteiger partial charge in [-0.05, 0) is 40.1 Å². The molecule has 2 aromatic carbocycles. The summed E-state index contributed by atoms with van der Waals surface area (Å²) >= 11 is 6.01. The van der Waals surface area contributed by atoms with Gasteiger partial charge in [0.25, 0.3) is 0 Å². The van der Waals surface area contributed by atoms with Crippen molar-refractivity contribution in [3.63, 3.8) is 0 Å². The molecule has 3 aromatic rings. The Morgan fingerprint density at radius 2 is 1.48 bits per heavy atom. The Morgan fingerprint density at radius 3 is 2.04 bits per heavy atom. The van der Waals surface area contributed by atoms with Crippen LogP contribution in [0, 0.1) is 11.6 Å². The van der Waals surface area contributed by atoms with Gasteiger partial charge in [-0.25, -0.2) is 13.8 Å². The maximum absolute atomic E-state index is 14.9. The summed E-state index contributed by atoms with van der Waals surface area (Å²) in [5.74, 6) is -1.19. The van der Waals surface area contributed by atoms with Crippen LogP contribution in [0.5, 0.6) is 0 Å². The van der Waals surface area contributed by atoms with E-state index in [9.17, 15) is 8.78 Å². The minimum Gasteiger partial charge on any atom is -0.245 e. The first-order valence-corrected chi connectivity index (χ1v) is 11.9. The molecule has 128 valence electrons. The Balaban J connectivity index is 2.22. The standard InChI is InChI=1S/C20H18ClF2NSi/c1-25(2,3)18-12-24-19(21)11-15(18)20-16(22)9-14(10-17(20)23)13-7-5-4-6-8-13/h4-12H,1-3H3. The van der Waals surface area contributed by atoms with E-state index in [0.29, 0.717) is 11.1 Å². The Morgan fingerprint density at radius 1 is 0.880 bits per heavy atom. The molecule has 0 bridgehead atoms. The fraction of sp³-hybridized carbons (Fsp3) is 0.150. The number of nitrogens with zero attached hydrogens (tertiary/aromatic N) is 1. The molecule has 0 aliphatic carbocycles. The van der Waals surface area contributed by atoms with Gasteiger partial charge in [0.1, 0.15) is 16.8 Å². The van der Waals surface area contributed by atoms with Gasteiger partial charge in [0, 0.05) is 6.20 Å². The van der Waals surface area contributed by atoms with Crippen molar-refractivity contribution >= 4 is 24.9 Å². The summed E-state index contributed by atoms with van der Waals surface area (Å²) in [6.45, 7) is 6.32. The molecule has 0 spiro atoms. The van der Waals surface area contributed by atoms with Crippen LogP contribution < -0.4 is 5.19 Å². The SMILES string of the molecule is C[Si](C)(C)c1cnc(Cl)cc1-c1c(F)cc(-c2ccccc2)cc1F. The molecule has 1 nitrogen and oxygen atoms in total. The Bertz CT molecular complexity index is 898. The number of rotatable bonds is 3. The summed E-state index contributed by atoms with van der Waals surface area (Å²) in [7, 11) is -1.86. The molecule has 0 amide bonds. The normalized spacial score (nSPS) is 11.6. The van der Waals surface area contributed by atoms with Crippen LogP contribution in [0.1, 0.15) is 0 Å². The second-order valence-corrected chi connectivity index (χ2v) is 12.4. The molecule has 3 rings (SSSR count). The van der Waals surface area contributed by atoms with E-state index in [-0.39, 0.29) is 10.7 Å². The van der Waals surface area contributed by atoms with Crippen LogP contribution in [0.15, 0.2) is 54.7 Å². The van der Waals surface area contributed by atoms with E-state index in [1.165, 1.54) is 12.1 Å². The molecule has 1 aromatic heterocycles. The fourth-order valence-electron chi connectivity index (χ4n) is 2.86. The highest BCUT2D eigenvalue weighted by atomic mass is 35.5. The summed E-state index contributed by atoms with van der Waals surface area (Å²) in [6.07, 6.45) is 1.65. The first kappa shape index (κ1) is 17.8. The van der Waals surface area contributed by atoms with Gasteiger partial charge >= 0.3 is 0 Å². The Labute approximate surface area is 152 Å². The van der Waals surface area contributed by atoms with Crippen LogP contribution in [0.25, 0.3) is 22.3 Å². The Hall–Kier alpha value is -2.04. The summed E-state index contributed by atoms with van der Waals surface area (Å²) in [4.78, 5) is 4.11. The lowest BCUT2D eigenvalue weighted by molar-refractivity contribution is 0.590. The van der Waals surface area contributed by atoms with E-state index in [4.69, 9.17) is 11.6 Å². The third-order valence-corrected chi connectivity index (χ3v) is 6.32. The first-order chi connectivity index (χ1) is 11.8. The smallest absolute Gasteiger partial charge is 0.134 e. The summed E-state index contributed by atoms with van der Waals surface area (Å²) in [5, 5.41) is 1.10. The van der Waals surface area contributed by atoms with Gasteiger partial charge in [0.2, 0.25) is 0 Å². The van der Waals surface area contributed by atoms with Crippen molar-refractivity contribution in [3.05, 3.63) is 71.5 Å². The zero-order chi connectivity index (χ0) is 18.2. The van der Waals surface area contributed by atoms with Gasteiger partial charge in [-0.1, -0.05) is 61.6 Å². The minimum atomic E-state index is -1.86. The van der Waals surface area contributed by atoms with Gasteiger partial charge < -0.3 is 0 Å². The van der Waals surface area contributed by atoms with Crippen LogP contribution in [-0.4, -0.2) is 13.1 Å². The highest BCUT2D eigenvalue weighted by molar-refractivity contribution is 6.89. The van der Waals surface area contributed by atoms with E-state index in [0.717, 1.165) is 10.8 Å². The maximum Gasteiger partial charge on any atom is 0.134 e. The van der Waals surface area contributed by atoms with Crippen LogP contribution in [0.2, 0.25) is 24.8 Å².